The number of hydrogen-bond donors (Lipinski definition) is 2. The highest BCUT2D eigenvalue weighted by molar-refractivity contribution is 5.77. The topological polar surface area (TPSA) is 58.4 Å². The average molecular weight is 239 g/mol. The molecule has 4 nitrogen and oxygen atoms in total. The van der Waals surface area contributed by atoms with Crippen molar-refractivity contribution in [3.8, 4) is 0 Å². The molecular formula is C13H25N3O. The molecule has 0 spiro atoms. The van der Waals surface area contributed by atoms with Gasteiger partial charge in [0, 0.05) is 25.0 Å². The fourth-order valence-electron chi connectivity index (χ4n) is 2.74. The Morgan fingerprint density at radius 2 is 2.18 bits per heavy atom. The Kier molecular flexibility index (Phi) is 4.05. The van der Waals surface area contributed by atoms with Crippen LogP contribution in [0.5, 0.6) is 0 Å². The maximum Gasteiger partial charge on any atom is 0.221 e. The van der Waals surface area contributed by atoms with E-state index in [9.17, 15) is 4.79 Å². The molecule has 1 heterocycles. The molecule has 17 heavy (non-hydrogen) atoms. The summed E-state index contributed by atoms with van der Waals surface area (Å²) in [5.41, 5.74) is 5.97. The minimum Gasteiger partial charge on any atom is -0.353 e. The minimum absolute atomic E-state index is 0.0802. The van der Waals surface area contributed by atoms with Crippen molar-refractivity contribution in [1.82, 2.24) is 10.2 Å². The highest BCUT2D eigenvalue weighted by Gasteiger charge is 2.31. The van der Waals surface area contributed by atoms with E-state index in [0.29, 0.717) is 24.3 Å². The first kappa shape index (κ1) is 12.8. The van der Waals surface area contributed by atoms with Crippen LogP contribution in [0.4, 0.5) is 0 Å². The van der Waals surface area contributed by atoms with Crippen LogP contribution in [0.25, 0.3) is 0 Å². The Hall–Kier alpha value is -0.610. The first-order valence-electron chi connectivity index (χ1n) is 6.79. The fourth-order valence-corrected chi connectivity index (χ4v) is 2.74. The van der Waals surface area contributed by atoms with Crippen LogP contribution in [-0.2, 0) is 4.79 Å². The molecule has 0 radical (unpaired) electrons. The number of carbonyl (C=O) groups is 1. The Morgan fingerprint density at radius 3 is 2.76 bits per heavy atom. The maximum absolute atomic E-state index is 11.9. The van der Waals surface area contributed by atoms with Crippen molar-refractivity contribution in [3.63, 3.8) is 0 Å². The zero-order valence-corrected chi connectivity index (χ0v) is 11.0. The van der Waals surface area contributed by atoms with Gasteiger partial charge in [-0.05, 0) is 44.7 Å². The van der Waals surface area contributed by atoms with Crippen LogP contribution in [0.3, 0.4) is 0 Å². The number of rotatable bonds is 4. The molecule has 3 unspecified atom stereocenters. The van der Waals surface area contributed by atoms with Crippen LogP contribution in [0.2, 0.25) is 0 Å². The van der Waals surface area contributed by atoms with Gasteiger partial charge in [-0.3, -0.25) is 4.79 Å². The van der Waals surface area contributed by atoms with E-state index in [1.165, 1.54) is 12.8 Å². The van der Waals surface area contributed by atoms with Gasteiger partial charge in [0.25, 0.3) is 0 Å². The van der Waals surface area contributed by atoms with E-state index in [1.54, 1.807) is 0 Å². The maximum atomic E-state index is 11.9. The lowest BCUT2D eigenvalue weighted by Crippen LogP contribution is -2.49. The molecule has 2 fully saturated rings. The first-order valence-corrected chi connectivity index (χ1v) is 6.79. The standard InChI is InChI=1S/C13H25N3O/c1-9-8-16(2)6-5-12(9)15-13(17)7-11(14)10-3-4-10/h9-12H,3-8,14H2,1-2H3,(H,15,17). The highest BCUT2D eigenvalue weighted by Crippen LogP contribution is 2.32. The second kappa shape index (κ2) is 5.36. The Morgan fingerprint density at radius 1 is 1.47 bits per heavy atom. The van der Waals surface area contributed by atoms with Gasteiger partial charge in [0.2, 0.25) is 5.91 Å². The molecule has 0 aromatic rings. The van der Waals surface area contributed by atoms with Gasteiger partial charge in [0.1, 0.15) is 0 Å². The van der Waals surface area contributed by atoms with Gasteiger partial charge in [-0.2, -0.15) is 0 Å². The molecule has 0 bridgehead atoms. The predicted molar refractivity (Wildman–Crippen MR) is 68.5 cm³/mol. The average Bonchev–Trinajstić information content (AvgIpc) is 3.05. The zero-order chi connectivity index (χ0) is 12.4. The quantitative estimate of drug-likeness (QED) is 0.754. The second-order valence-corrected chi connectivity index (χ2v) is 5.91. The van der Waals surface area contributed by atoms with E-state index in [4.69, 9.17) is 5.73 Å². The number of nitrogens with zero attached hydrogens (tertiary/aromatic N) is 1. The van der Waals surface area contributed by atoms with Gasteiger partial charge in [-0.25, -0.2) is 0 Å². The molecule has 1 saturated carbocycles. The molecule has 3 atom stereocenters. The molecule has 2 aliphatic rings. The third-order valence-corrected chi connectivity index (χ3v) is 4.10. The molecule has 98 valence electrons. The Labute approximate surface area is 104 Å². The summed E-state index contributed by atoms with van der Waals surface area (Å²) in [5.74, 6) is 1.29. The molecule has 3 N–H and O–H groups in total. The number of nitrogens with two attached hydrogens (primary N) is 1. The van der Waals surface area contributed by atoms with E-state index >= 15 is 0 Å². The van der Waals surface area contributed by atoms with Crippen molar-refractivity contribution in [2.45, 2.75) is 44.7 Å². The summed E-state index contributed by atoms with van der Waals surface area (Å²) in [5, 5.41) is 3.16. The Bertz CT molecular complexity index is 278. The summed E-state index contributed by atoms with van der Waals surface area (Å²) >= 11 is 0. The van der Waals surface area contributed by atoms with E-state index < -0.39 is 0 Å². The van der Waals surface area contributed by atoms with Crippen LogP contribution in [-0.4, -0.2) is 43.0 Å². The number of likely N-dealkylation sites (tertiary alicyclic amines) is 1. The SMILES string of the molecule is CC1CN(C)CCC1NC(=O)CC(N)C1CC1. The molecule has 4 heteroatoms. The molecular weight excluding hydrogens is 214 g/mol. The summed E-state index contributed by atoms with van der Waals surface area (Å²) < 4.78 is 0. The normalized spacial score (nSPS) is 32.2. The van der Waals surface area contributed by atoms with Gasteiger partial charge >= 0.3 is 0 Å². The van der Waals surface area contributed by atoms with Crippen molar-refractivity contribution in [2.24, 2.45) is 17.6 Å². The molecule has 1 saturated heterocycles. The minimum atomic E-state index is 0.0802. The summed E-state index contributed by atoms with van der Waals surface area (Å²) in [4.78, 5) is 14.2. The summed E-state index contributed by atoms with van der Waals surface area (Å²) in [6.45, 7) is 4.35. The molecule has 1 aliphatic heterocycles. The van der Waals surface area contributed by atoms with Crippen molar-refractivity contribution < 1.29 is 4.79 Å². The van der Waals surface area contributed by atoms with Gasteiger partial charge in [0.15, 0.2) is 0 Å². The highest BCUT2D eigenvalue weighted by atomic mass is 16.1. The number of piperidine rings is 1. The number of nitrogens with one attached hydrogen (secondary N) is 1. The van der Waals surface area contributed by atoms with Gasteiger partial charge in [-0.15, -0.1) is 0 Å². The van der Waals surface area contributed by atoms with Crippen LogP contribution < -0.4 is 11.1 Å². The predicted octanol–water partition coefficient (Wildman–Crippen LogP) is 0.570. The number of carbonyl (C=O) groups excluding carboxylic acids is 1. The van der Waals surface area contributed by atoms with Crippen molar-refractivity contribution in [2.75, 3.05) is 20.1 Å². The molecule has 2 rings (SSSR count). The van der Waals surface area contributed by atoms with E-state index in [0.717, 1.165) is 19.5 Å². The van der Waals surface area contributed by atoms with Gasteiger partial charge in [-0.1, -0.05) is 6.92 Å². The smallest absolute Gasteiger partial charge is 0.221 e. The lowest BCUT2D eigenvalue weighted by molar-refractivity contribution is -0.122. The lowest BCUT2D eigenvalue weighted by Gasteiger charge is -2.35. The second-order valence-electron chi connectivity index (χ2n) is 5.91. The van der Waals surface area contributed by atoms with Crippen LogP contribution in [0.15, 0.2) is 0 Å². The van der Waals surface area contributed by atoms with Gasteiger partial charge < -0.3 is 16.0 Å². The third kappa shape index (κ3) is 3.68. The third-order valence-electron chi connectivity index (χ3n) is 4.10. The fraction of sp³-hybridized carbons (Fsp3) is 0.923. The van der Waals surface area contributed by atoms with E-state index in [1.807, 2.05) is 0 Å². The largest absolute Gasteiger partial charge is 0.353 e. The van der Waals surface area contributed by atoms with E-state index in [-0.39, 0.29) is 11.9 Å². The van der Waals surface area contributed by atoms with Crippen molar-refractivity contribution in [1.29, 1.82) is 0 Å². The van der Waals surface area contributed by atoms with Crippen LogP contribution in [0.1, 0.15) is 32.6 Å². The van der Waals surface area contributed by atoms with Gasteiger partial charge in [0.05, 0.1) is 0 Å². The van der Waals surface area contributed by atoms with Crippen molar-refractivity contribution >= 4 is 5.91 Å². The number of amides is 1. The summed E-state index contributed by atoms with van der Waals surface area (Å²) in [7, 11) is 2.14. The molecule has 0 aromatic heterocycles. The number of hydrogen-bond acceptors (Lipinski definition) is 3. The molecule has 0 aromatic carbocycles. The molecule has 1 aliphatic carbocycles. The lowest BCUT2D eigenvalue weighted by atomic mass is 9.94. The summed E-state index contributed by atoms with van der Waals surface area (Å²) in [6, 6.07) is 0.418. The zero-order valence-electron chi connectivity index (χ0n) is 11.0. The molecule has 1 amide bonds. The Balaban J connectivity index is 1.73. The van der Waals surface area contributed by atoms with Crippen LogP contribution >= 0.6 is 0 Å². The summed E-state index contributed by atoms with van der Waals surface area (Å²) in [6.07, 6.45) is 3.98. The monoisotopic (exact) mass is 239 g/mol. The first-order chi connectivity index (χ1) is 8.06. The van der Waals surface area contributed by atoms with Crippen LogP contribution in [0, 0.1) is 11.8 Å². The van der Waals surface area contributed by atoms with Crippen molar-refractivity contribution in [3.05, 3.63) is 0 Å². The van der Waals surface area contributed by atoms with E-state index in [2.05, 4.69) is 24.2 Å².